The molecule has 4 aromatic rings. The smallest absolute Gasteiger partial charge is 0.216 e. The minimum Gasteiger partial charge on any atom is -0.216 e. The Labute approximate surface area is 132 Å². The fourth-order valence-corrected chi connectivity index (χ4v) is 2.53. The molecule has 0 fully saturated rings. The number of rotatable bonds is 4. The maximum atomic E-state index is 4.57. The van der Waals surface area contributed by atoms with E-state index in [0.717, 1.165) is 29.1 Å². The zero-order chi connectivity index (χ0) is 15.8. The van der Waals surface area contributed by atoms with Crippen LogP contribution in [0.1, 0.15) is 36.8 Å². The van der Waals surface area contributed by atoms with E-state index < -0.39 is 0 Å². The Morgan fingerprint density at radius 2 is 2.13 bits per heavy atom. The van der Waals surface area contributed by atoms with Gasteiger partial charge in [-0.25, -0.2) is 14.5 Å². The molecule has 1 unspecified atom stereocenters. The minimum atomic E-state index is 0.180. The molecule has 0 aliphatic heterocycles. The Morgan fingerprint density at radius 1 is 1.22 bits per heavy atom. The highest BCUT2D eigenvalue weighted by molar-refractivity contribution is 5.38. The molecule has 1 atom stereocenters. The predicted octanol–water partition coefficient (Wildman–Crippen LogP) is 1.47. The summed E-state index contributed by atoms with van der Waals surface area (Å²) in [5.74, 6) is 1.55. The molecule has 116 valence electrons. The van der Waals surface area contributed by atoms with Gasteiger partial charge in [0.05, 0.1) is 6.20 Å². The molecule has 0 saturated carbocycles. The summed E-state index contributed by atoms with van der Waals surface area (Å²) in [7, 11) is 0. The summed E-state index contributed by atoms with van der Waals surface area (Å²) >= 11 is 0. The maximum Gasteiger partial charge on any atom is 0.252 e. The Hall–Kier alpha value is -2.90. The molecule has 0 aromatic carbocycles. The van der Waals surface area contributed by atoms with Crippen LogP contribution in [0.4, 0.5) is 0 Å². The van der Waals surface area contributed by atoms with Crippen LogP contribution in [-0.4, -0.2) is 39.4 Å². The zero-order valence-electron chi connectivity index (χ0n) is 13.0. The van der Waals surface area contributed by atoms with Gasteiger partial charge in [0.2, 0.25) is 0 Å². The van der Waals surface area contributed by atoms with Gasteiger partial charge in [0.15, 0.2) is 11.5 Å². The average Bonchev–Trinajstić information content (AvgIpc) is 3.18. The lowest BCUT2D eigenvalue weighted by atomic mass is 10.0. The van der Waals surface area contributed by atoms with Gasteiger partial charge in [-0.05, 0) is 24.1 Å². The molecule has 0 saturated heterocycles. The third-order valence-electron chi connectivity index (χ3n) is 3.88. The lowest BCUT2D eigenvalue weighted by molar-refractivity contribution is 0.678. The lowest BCUT2D eigenvalue weighted by Crippen LogP contribution is -2.05. The van der Waals surface area contributed by atoms with Crippen molar-refractivity contribution in [1.82, 2.24) is 39.4 Å². The van der Waals surface area contributed by atoms with Crippen LogP contribution >= 0.6 is 0 Å². The number of hydrogen-bond acceptors (Lipinski definition) is 6. The fourth-order valence-electron chi connectivity index (χ4n) is 2.53. The molecule has 0 radical (unpaired) electrons. The fraction of sp³-hybridized carbons (Fsp3) is 0.333. The van der Waals surface area contributed by atoms with E-state index >= 15 is 0 Å². The molecular weight excluding hydrogens is 292 g/mol. The Bertz CT molecular complexity index is 970. The molecule has 0 N–H and O–H groups in total. The molecule has 8 nitrogen and oxygen atoms in total. The molecule has 8 heteroatoms. The third kappa shape index (κ3) is 2.52. The van der Waals surface area contributed by atoms with Gasteiger partial charge in [-0.3, -0.25) is 0 Å². The SMILES string of the molecule is CCc1cnn2nc(CC(C)c3ccn4ncnc4n3)nc2c1. The number of hydrogen-bond donors (Lipinski definition) is 0. The van der Waals surface area contributed by atoms with Crippen molar-refractivity contribution in [2.45, 2.75) is 32.6 Å². The Morgan fingerprint density at radius 3 is 3.00 bits per heavy atom. The van der Waals surface area contributed by atoms with Crippen molar-refractivity contribution in [1.29, 1.82) is 0 Å². The van der Waals surface area contributed by atoms with Gasteiger partial charge in [-0.2, -0.15) is 15.2 Å². The monoisotopic (exact) mass is 308 g/mol. The second-order valence-corrected chi connectivity index (χ2v) is 5.56. The highest BCUT2D eigenvalue weighted by Gasteiger charge is 2.14. The van der Waals surface area contributed by atoms with Crippen LogP contribution in [0.5, 0.6) is 0 Å². The normalized spacial score (nSPS) is 13.0. The van der Waals surface area contributed by atoms with E-state index in [1.807, 2.05) is 24.5 Å². The van der Waals surface area contributed by atoms with Crippen LogP contribution in [0.2, 0.25) is 0 Å². The molecule has 23 heavy (non-hydrogen) atoms. The summed E-state index contributed by atoms with van der Waals surface area (Å²) in [5, 5.41) is 12.8. The summed E-state index contributed by atoms with van der Waals surface area (Å²) in [6.07, 6.45) is 6.83. The number of aromatic nitrogens is 8. The molecule has 0 bridgehead atoms. The molecule has 4 aromatic heterocycles. The number of fused-ring (bicyclic) bond motifs is 2. The molecule has 0 spiro atoms. The summed E-state index contributed by atoms with van der Waals surface area (Å²) in [5.41, 5.74) is 2.89. The summed E-state index contributed by atoms with van der Waals surface area (Å²) < 4.78 is 3.23. The standard InChI is InChI=1S/C15H16N8/c1-3-11-7-14-20-13(21-23(14)17-8-11)6-10(2)12-4-5-22-15(19-12)16-9-18-22/h4-5,7-10H,3,6H2,1-2H3. The van der Waals surface area contributed by atoms with Crippen molar-refractivity contribution in [2.75, 3.05) is 0 Å². The van der Waals surface area contributed by atoms with Gasteiger partial charge in [-0.1, -0.05) is 13.8 Å². The molecule has 0 amide bonds. The van der Waals surface area contributed by atoms with E-state index in [1.165, 1.54) is 6.33 Å². The largest absolute Gasteiger partial charge is 0.252 e. The number of aryl methyl sites for hydroxylation is 1. The Balaban J connectivity index is 1.61. The lowest BCUT2D eigenvalue weighted by Gasteiger charge is -2.07. The van der Waals surface area contributed by atoms with Gasteiger partial charge in [0.1, 0.15) is 6.33 Å². The summed E-state index contributed by atoms with van der Waals surface area (Å²) in [6, 6.07) is 3.98. The summed E-state index contributed by atoms with van der Waals surface area (Å²) in [6.45, 7) is 4.20. The number of nitrogens with zero attached hydrogens (tertiary/aromatic N) is 8. The van der Waals surface area contributed by atoms with Crippen molar-refractivity contribution < 1.29 is 0 Å². The summed E-state index contributed by atoms with van der Waals surface area (Å²) in [4.78, 5) is 13.2. The van der Waals surface area contributed by atoms with E-state index in [-0.39, 0.29) is 5.92 Å². The van der Waals surface area contributed by atoms with E-state index in [4.69, 9.17) is 0 Å². The highest BCUT2D eigenvalue weighted by atomic mass is 15.4. The van der Waals surface area contributed by atoms with Gasteiger partial charge >= 0.3 is 0 Å². The van der Waals surface area contributed by atoms with Crippen molar-refractivity contribution in [3.05, 3.63) is 47.9 Å². The van der Waals surface area contributed by atoms with Gasteiger partial charge in [0, 0.05) is 24.2 Å². The second kappa shape index (κ2) is 5.38. The van der Waals surface area contributed by atoms with Crippen molar-refractivity contribution >= 4 is 11.4 Å². The first kappa shape index (κ1) is 13.7. The van der Waals surface area contributed by atoms with Gasteiger partial charge in [-0.15, -0.1) is 9.73 Å². The van der Waals surface area contributed by atoms with Crippen molar-refractivity contribution in [2.24, 2.45) is 0 Å². The van der Waals surface area contributed by atoms with Crippen LogP contribution in [0.3, 0.4) is 0 Å². The van der Waals surface area contributed by atoms with Crippen LogP contribution in [0.25, 0.3) is 11.4 Å². The van der Waals surface area contributed by atoms with Crippen LogP contribution in [-0.2, 0) is 12.8 Å². The maximum absolute atomic E-state index is 4.57. The van der Waals surface area contributed by atoms with Crippen LogP contribution in [0.15, 0.2) is 30.9 Å². The molecule has 0 aliphatic carbocycles. The minimum absolute atomic E-state index is 0.180. The highest BCUT2D eigenvalue weighted by Crippen LogP contribution is 2.17. The van der Waals surface area contributed by atoms with Crippen molar-refractivity contribution in [3.8, 4) is 0 Å². The third-order valence-corrected chi connectivity index (χ3v) is 3.88. The van der Waals surface area contributed by atoms with E-state index in [1.54, 1.807) is 9.15 Å². The molecule has 4 heterocycles. The van der Waals surface area contributed by atoms with E-state index in [0.29, 0.717) is 12.2 Å². The van der Waals surface area contributed by atoms with Crippen molar-refractivity contribution in [3.63, 3.8) is 0 Å². The van der Waals surface area contributed by atoms with Gasteiger partial charge < -0.3 is 0 Å². The second-order valence-electron chi connectivity index (χ2n) is 5.56. The molecular formula is C15H16N8. The van der Waals surface area contributed by atoms with Crippen LogP contribution in [0, 0.1) is 0 Å². The average molecular weight is 308 g/mol. The molecule has 4 rings (SSSR count). The molecule has 0 aliphatic rings. The first-order chi connectivity index (χ1) is 11.2. The van der Waals surface area contributed by atoms with E-state index in [2.05, 4.69) is 44.1 Å². The first-order valence-electron chi connectivity index (χ1n) is 7.60. The zero-order valence-corrected chi connectivity index (χ0v) is 13.0. The topological polar surface area (TPSA) is 86.2 Å². The van der Waals surface area contributed by atoms with E-state index in [9.17, 15) is 0 Å². The van der Waals surface area contributed by atoms with Gasteiger partial charge in [0.25, 0.3) is 5.78 Å². The first-order valence-corrected chi connectivity index (χ1v) is 7.60. The quantitative estimate of drug-likeness (QED) is 0.567. The van der Waals surface area contributed by atoms with Crippen LogP contribution < -0.4 is 0 Å². The Kier molecular flexibility index (Phi) is 3.22. The predicted molar refractivity (Wildman–Crippen MR) is 83.1 cm³/mol.